The molecule has 0 amide bonds. The van der Waals surface area contributed by atoms with Gasteiger partial charge < -0.3 is 10.1 Å². The Bertz CT molecular complexity index is 411. The molecule has 1 aliphatic rings. The van der Waals surface area contributed by atoms with E-state index < -0.39 is 0 Å². The van der Waals surface area contributed by atoms with Gasteiger partial charge >= 0.3 is 0 Å². The minimum atomic E-state index is 0.322. The van der Waals surface area contributed by atoms with Crippen LogP contribution >= 0.6 is 0 Å². The van der Waals surface area contributed by atoms with Gasteiger partial charge in [-0.1, -0.05) is 18.2 Å². The van der Waals surface area contributed by atoms with Gasteiger partial charge in [0.15, 0.2) is 0 Å². The first kappa shape index (κ1) is 14.1. The number of para-hydroxylation sites is 1. The van der Waals surface area contributed by atoms with E-state index in [4.69, 9.17) is 4.74 Å². The van der Waals surface area contributed by atoms with Crippen molar-refractivity contribution >= 4 is 5.78 Å². The maximum absolute atomic E-state index is 12.1. The Kier molecular flexibility index (Phi) is 5.40. The Hall–Kier alpha value is -1.35. The third-order valence-corrected chi connectivity index (χ3v) is 3.87. The molecule has 19 heavy (non-hydrogen) atoms. The zero-order valence-electron chi connectivity index (χ0n) is 11.7. The quantitative estimate of drug-likeness (QED) is 0.855. The van der Waals surface area contributed by atoms with Crippen molar-refractivity contribution in [1.29, 1.82) is 0 Å². The number of carbonyl (C=O) groups is 1. The zero-order valence-corrected chi connectivity index (χ0v) is 11.7. The van der Waals surface area contributed by atoms with E-state index in [1.165, 1.54) is 12.8 Å². The van der Waals surface area contributed by atoms with Crippen molar-refractivity contribution in [1.82, 2.24) is 5.32 Å². The first-order chi connectivity index (χ1) is 9.29. The molecular weight excluding hydrogens is 238 g/mol. The number of methoxy groups -OCH3 is 1. The predicted molar refractivity (Wildman–Crippen MR) is 76.5 cm³/mol. The van der Waals surface area contributed by atoms with Crippen LogP contribution in [0.1, 0.15) is 31.2 Å². The summed E-state index contributed by atoms with van der Waals surface area (Å²) in [5.74, 6) is 1.86. The molecule has 104 valence electrons. The summed E-state index contributed by atoms with van der Waals surface area (Å²) in [4.78, 5) is 12.1. The number of ketones is 1. The first-order valence-electron chi connectivity index (χ1n) is 7.14. The van der Waals surface area contributed by atoms with Crippen molar-refractivity contribution in [2.24, 2.45) is 5.92 Å². The fourth-order valence-electron chi connectivity index (χ4n) is 2.69. The minimum absolute atomic E-state index is 0.322. The van der Waals surface area contributed by atoms with E-state index in [1.807, 2.05) is 24.3 Å². The molecule has 0 aliphatic carbocycles. The summed E-state index contributed by atoms with van der Waals surface area (Å²) < 4.78 is 5.28. The Morgan fingerprint density at radius 1 is 1.32 bits per heavy atom. The lowest BCUT2D eigenvalue weighted by molar-refractivity contribution is -0.118. The molecule has 0 atom stereocenters. The molecule has 1 N–H and O–H groups in total. The van der Waals surface area contributed by atoms with Crippen LogP contribution in [0, 0.1) is 5.92 Å². The lowest BCUT2D eigenvalue weighted by atomic mass is 9.91. The number of carbonyl (C=O) groups excluding carboxylic acids is 1. The van der Waals surface area contributed by atoms with E-state index in [0.717, 1.165) is 36.7 Å². The lowest BCUT2D eigenvalue weighted by Crippen LogP contribution is -2.28. The molecule has 1 heterocycles. The van der Waals surface area contributed by atoms with Crippen molar-refractivity contribution in [3.63, 3.8) is 0 Å². The van der Waals surface area contributed by atoms with Gasteiger partial charge in [-0.15, -0.1) is 0 Å². The fraction of sp³-hybridized carbons (Fsp3) is 0.562. The van der Waals surface area contributed by atoms with Gasteiger partial charge in [-0.3, -0.25) is 4.79 Å². The van der Waals surface area contributed by atoms with Crippen LogP contribution in [0.4, 0.5) is 0 Å². The van der Waals surface area contributed by atoms with Crippen molar-refractivity contribution in [2.75, 3.05) is 20.2 Å². The molecule has 1 aromatic rings. The fourth-order valence-corrected chi connectivity index (χ4v) is 2.69. The Balaban J connectivity index is 1.80. The number of benzene rings is 1. The normalized spacial score (nSPS) is 16.3. The number of piperidine rings is 1. The topological polar surface area (TPSA) is 38.3 Å². The molecule has 0 aromatic heterocycles. The molecule has 2 rings (SSSR count). The van der Waals surface area contributed by atoms with Gasteiger partial charge in [-0.2, -0.15) is 0 Å². The summed E-state index contributed by atoms with van der Waals surface area (Å²) in [5.41, 5.74) is 1.00. The second-order valence-corrected chi connectivity index (χ2v) is 5.26. The molecule has 0 saturated carbocycles. The molecule has 1 aliphatic heterocycles. The van der Waals surface area contributed by atoms with E-state index in [-0.39, 0.29) is 0 Å². The van der Waals surface area contributed by atoms with Crippen molar-refractivity contribution in [2.45, 2.75) is 32.1 Å². The highest BCUT2D eigenvalue weighted by Gasteiger charge is 2.15. The minimum Gasteiger partial charge on any atom is -0.496 e. The first-order valence-corrected chi connectivity index (χ1v) is 7.14. The highest BCUT2D eigenvalue weighted by molar-refractivity contribution is 5.81. The summed E-state index contributed by atoms with van der Waals surface area (Å²) >= 11 is 0. The van der Waals surface area contributed by atoms with Crippen LogP contribution in [0.5, 0.6) is 5.75 Å². The van der Waals surface area contributed by atoms with E-state index in [0.29, 0.717) is 18.6 Å². The molecule has 1 aromatic carbocycles. The van der Waals surface area contributed by atoms with Gasteiger partial charge in [-0.05, 0) is 44.3 Å². The monoisotopic (exact) mass is 261 g/mol. The molecule has 0 spiro atoms. The Morgan fingerprint density at radius 2 is 2.05 bits per heavy atom. The molecule has 1 fully saturated rings. The van der Waals surface area contributed by atoms with E-state index >= 15 is 0 Å². The van der Waals surface area contributed by atoms with Gasteiger partial charge in [0.25, 0.3) is 0 Å². The molecule has 0 unspecified atom stereocenters. The molecular formula is C16H23NO2. The average molecular weight is 261 g/mol. The van der Waals surface area contributed by atoms with Crippen LogP contribution in [-0.2, 0) is 11.2 Å². The van der Waals surface area contributed by atoms with Crippen LogP contribution in [0.15, 0.2) is 24.3 Å². The van der Waals surface area contributed by atoms with Crippen molar-refractivity contribution < 1.29 is 9.53 Å². The number of hydrogen-bond donors (Lipinski definition) is 1. The standard InChI is InChI=1S/C16H23NO2/c1-19-16-5-3-2-4-14(16)12-15(18)7-6-13-8-10-17-11-9-13/h2-5,13,17H,6-12H2,1H3. The van der Waals surface area contributed by atoms with Crippen molar-refractivity contribution in [3.8, 4) is 5.75 Å². The summed E-state index contributed by atoms with van der Waals surface area (Å²) in [6.45, 7) is 2.21. The zero-order chi connectivity index (χ0) is 13.5. The van der Waals surface area contributed by atoms with Gasteiger partial charge in [0.05, 0.1) is 7.11 Å². The number of Topliss-reactive ketones (excluding diaryl/α,β-unsaturated/α-hetero) is 1. The second kappa shape index (κ2) is 7.29. The SMILES string of the molecule is COc1ccccc1CC(=O)CCC1CCNCC1. The van der Waals surface area contributed by atoms with Crippen LogP contribution in [0.3, 0.4) is 0 Å². The Labute approximate surface area is 115 Å². The lowest BCUT2D eigenvalue weighted by Gasteiger charge is -2.22. The number of hydrogen-bond acceptors (Lipinski definition) is 3. The van der Waals surface area contributed by atoms with Crippen LogP contribution < -0.4 is 10.1 Å². The number of ether oxygens (including phenoxy) is 1. The van der Waals surface area contributed by atoms with E-state index in [1.54, 1.807) is 7.11 Å². The van der Waals surface area contributed by atoms with E-state index in [2.05, 4.69) is 5.32 Å². The van der Waals surface area contributed by atoms with E-state index in [9.17, 15) is 4.79 Å². The maximum Gasteiger partial charge on any atom is 0.137 e. The van der Waals surface area contributed by atoms with Crippen LogP contribution in [0.2, 0.25) is 0 Å². The predicted octanol–water partition coefficient (Wildman–Crippen LogP) is 2.59. The highest BCUT2D eigenvalue weighted by Crippen LogP contribution is 2.21. The number of rotatable bonds is 6. The van der Waals surface area contributed by atoms with Crippen molar-refractivity contribution in [3.05, 3.63) is 29.8 Å². The summed E-state index contributed by atoms with van der Waals surface area (Å²) in [5, 5.41) is 3.36. The van der Waals surface area contributed by atoms with Gasteiger partial charge in [0.1, 0.15) is 11.5 Å². The third-order valence-electron chi connectivity index (χ3n) is 3.87. The average Bonchev–Trinajstić information content (AvgIpc) is 2.47. The van der Waals surface area contributed by atoms with Gasteiger partial charge in [0.2, 0.25) is 0 Å². The molecule has 3 heteroatoms. The third kappa shape index (κ3) is 4.35. The van der Waals surface area contributed by atoms with Gasteiger partial charge in [-0.25, -0.2) is 0 Å². The molecule has 0 radical (unpaired) electrons. The molecule has 0 bridgehead atoms. The largest absolute Gasteiger partial charge is 0.496 e. The Morgan fingerprint density at radius 3 is 2.79 bits per heavy atom. The second-order valence-electron chi connectivity index (χ2n) is 5.26. The van der Waals surface area contributed by atoms with Gasteiger partial charge in [0, 0.05) is 18.4 Å². The smallest absolute Gasteiger partial charge is 0.137 e. The summed E-state index contributed by atoms with van der Waals surface area (Å²) in [6, 6.07) is 7.77. The summed E-state index contributed by atoms with van der Waals surface area (Å²) in [7, 11) is 1.65. The summed E-state index contributed by atoms with van der Waals surface area (Å²) in [6.07, 6.45) is 4.65. The molecule has 1 saturated heterocycles. The van der Waals surface area contributed by atoms with Crippen LogP contribution in [0.25, 0.3) is 0 Å². The maximum atomic E-state index is 12.1. The number of nitrogens with one attached hydrogen (secondary N) is 1. The highest BCUT2D eigenvalue weighted by atomic mass is 16.5. The van der Waals surface area contributed by atoms with Crippen LogP contribution in [-0.4, -0.2) is 26.0 Å². The molecule has 3 nitrogen and oxygen atoms in total.